The van der Waals surface area contributed by atoms with Crippen molar-refractivity contribution in [2.24, 2.45) is 0 Å². The lowest BCUT2D eigenvalue weighted by molar-refractivity contribution is -0.115. The van der Waals surface area contributed by atoms with E-state index >= 15 is 0 Å². The van der Waals surface area contributed by atoms with E-state index in [0.717, 1.165) is 31.4 Å². The number of benzene rings is 2. The fraction of sp³-hybridized carbons (Fsp3) is 0.381. The lowest BCUT2D eigenvalue weighted by atomic mass is 10.1. The first kappa shape index (κ1) is 22.3. The minimum atomic E-state index is -3.59. The number of hydrogen-bond donors (Lipinski definition) is 2. The van der Waals surface area contributed by atoms with Gasteiger partial charge in [0, 0.05) is 24.8 Å². The van der Waals surface area contributed by atoms with Crippen molar-refractivity contribution in [3.05, 3.63) is 59.7 Å². The molecule has 9 heteroatoms. The highest BCUT2D eigenvalue weighted by molar-refractivity contribution is 7.89. The molecular formula is C21H25F2N3O3S. The van der Waals surface area contributed by atoms with E-state index in [4.69, 9.17) is 0 Å². The zero-order valence-electron chi connectivity index (χ0n) is 16.7. The van der Waals surface area contributed by atoms with Crippen LogP contribution in [0.3, 0.4) is 0 Å². The average Bonchev–Trinajstić information content (AvgIpc) is 2.75. The number of nitrogens with one attached hydrogen (secondary N) is 2. The monoisotopic (exact) mass is 437 g/mol. The maximum absolute atomic E-state index is 13.4. The molecule has 1 fully saturated rings. The number of anilines is 1. The Morgan fingerprint density at radius 2 is 1.80 bits per heavy atom. The minimum Gasteiger partial charge on any atom is -0.325 e. The van der Waals surface area contributed by atoms with Gasteiger partial charge in [0.1, 0.15) is 0 Å². The summed E-state index contributed by atoms with van der Waals surface area (Å²) in [5.74, 6) is -2.25. The molecule has 0 bridgehead atoms. The third kappa shape index (κ3) is 5.41. The summed E-state index contributed by atoms with van der Waals surface area (Å²) in [6.07, 6.45) is 2.72. The zero-order chi connectivity index (χ0) is 21.7. The highest BCUT2D eigenvalue weighted by Crippen LogP contribution is 2.23. The first-order valence-electron chi connectivity index (χ1n) is 9.86. The Morgan fingerprint density at radius 3 is 2.50 bits per heavy atom. The molecule has 6 nitrogen and oxygen atoms in total. The number of amides is 1. The molecule has 0 spiro atoms. The molecule has 1 amide bonds. The maximum atomic E-state index is 13.4. The van der Waals surface area contributed by atoms with Crippen LogP contribution >= 0.6 is 0 Å². The first-order chi connectivity index (χ1) is 14.3. The summed E-state index contributed by atoms with van der Waals surface area (Å²) >= 11 is 0. The van der Waals surface area contributed by atoms with Gasteiger partial charge in [-0.05, 0) is 55.7 Å². The Morgan fingerprint density at radius 1 is 1.07 bits per heavy atom. The lowest BCUT2D eigenvalue weighted by Gasteiger charge is -2.26. The van der Waals surface area contributed by atoms with Gasteiger partial charge in [-0.2, -0.15) is 4.31 Å². The Balaban J connectivity index is 1.60. The summed E-state index contributed by atoms with van der Waals surface area (Å²) in [6.45, 7) is 2.66. The second kappa shape index (κ2) is 9.63. The zero-order valence-corrected chi connectivity index (χ0v) is 17.5. The van der Waals surface area contributed by atoms with E-state index in [1.807, 2.05) is 0 Å². The van der Waals surface area contributed by atoms with Gasteiger partial charge in [0.15, 0.2) is 11.6 Å². The van der Waals surface area contributed by atoms with Gasteiger partial charge >= 0.3 is 0 Å². The van der Waals surface area contributed by atoms with E-state index in [1.165, 1.54) is 22.5 Å². The van der Waals surface area contributed by atoms with Gasteiger partial charge in [-0.15, -0.1) is 0 Å². The Labute approximate surface area is 175 Å². The normalized spacial score (nSPS) is 16.2. The summed E-state index contributed by atoms with van der Waals surface area (Å²) in [7, 11) is -3.59. The number of rotatable bonds is 7. The molecule has 1 aliphatic rings. The van der Waals surface area contributed by atoms with Gasteiger partial charge < -0.3 is 10.6 Å². The van der Waals surface area contributed by atoms with Crippen molar-refractivity contribution in [1.82, 2.24) is 9.62 Å². The van der Waals surface area contributed by atoms with Crippen molar-refractivity contribution >= 4 is 21.6 Å². The molecule has 30 heavy (non-hydrogen) atoms. The molecule has 2 aromatic carbocycles. The molecule has 1 heterocycles. The predicted octanol–water partition coefficient (Wildman–Crippen LogP) is 3.43. The molecule has 162 valence electrons. The van der Waals surface area contributed by atoms with Crippen molar-refractivity contribution in [3.8, 4) is 0 Å². The molecule has 0 aliphatic carbocycles. The fourth-order valence-electron chi connectivity index (χ4n) is 3.34. The third-order valence-corrected chi connectivity index (χ3v) is 6.98. The molecule has 2 aromatic rings. The van der Waals surface area contributed by atoms with Crippen LogP contribution < -0.4 is 10.6 Å². The second-order valence-corrected chi connectivity index (χ2v) is 9.25. The highest BCUT2D eigenvalue weighted by atomic mass is 32.2. The Bertz CT molecular complexity index is 1010. The lowest BCUT2D eigenvalue weighted by Crippen LogP contribution is -2.35. The van der Waals surface area contributed by atoms with Gasteiger partial charge in [0.05, 0.1) is 11.4 Å². The van der Waals surface area contributed by atoms with Crippen LogP contribution in [0.25, 0.3) is 0 Å². The van der Waals surface area contributed by atoms with E-state index in [0.29, 0.717) is 24.3 Å². The van der Waals surface area contributed by atoms with Crippen molar-refractivity contribution in [2.45, 2.75) is 37.1 Å². The van der Waals surface area contributed by atoms with Gasteiger partial charge in [0.25, 0.3) is 0 Å². The molecule has 1 aliphatic heterocycles. The highest BCUT2D eigenvalue weighted by Gasteiger charge is 2.26. The molecule has 0 aromatic heterocycles. The van der Waals surface area contributed by atoms with E-state index in [9.17, 15) is 22.0 Å². The van der Waals surface area contributed by atoms with Crippen LogP contribution in [-0.2, 0) is 14.8 Å². The topological polar surface area (TPSA) is 78.5 Å². The molecule has 0 unspecified atom stereocenters. The Hall–Kier alpha value is -2.36. The maximum Gasteiger partial charge on any atom is 0.243 e. The number of halogens is 2. The number of hydrogen-bond acceptors (Lipinski definition) is 4. The van der Waals surface area contributed by atoms with E-state index < -0.39 is 21.7 Å². The van der Waals surface area contributed by atoms with Gasteiger partial charge in [-0.1, -0.05) is 18.6 Å². The van der Waals surface area contributed by atoms with Gasteiger partial charge in [-0.3, -0.25) is 4.79 Å². The first-order valence-corrected chi connectivity index (χ1v) is 11.3. The van der Waals surface area contributed by atoms with Crippen LogP contribution in [0, 0.1) is 11.6 Å². The van der Waals surface area contributed by atoms with Crippen molar-refractivity contribution < 1.29 is 22.0 Å². The Kier molecular flexibility index (Phi) is 7.17. The number of carbonyl (C=O) groups is 1. The number of piperidine rings is 1. The van der Waals surface area contributed by atoms with E-state index in [2.05, 4.69) is 10.6 Å². The van der Waals surface area contributed by atoms with Crippen LogP contribution in [0.4, 0.5) is 14.5 Å². The minimum absolute atomic E-state index is 0.0801. The van der Waals surface area contributed by atoms with Crippen LogP contribution in [0.1, 0.15) is 37.8 Å². The largest absolute Gasteiger partial charge is 0.325 e. The van der Waals surface area contributed by atoms with E-state index in [1.54, 1.807) is 19.1 Å². The summed E-state index contributed by atoms with van der Waals surface area (Å²) in [5.41, 5.74) is 0.886. The van der Waals surface area contributed by atoms with Crippen molar-refractivity contribution in [2.75, 3.05) is 25.0 Å². The van der Waals surface area contributed by atoms with Crippen molar-refractivity contribution in [1.29, 1.82) is 0 Å². The molecule has 1 atom stereocenters. The standard InChI is InChI=1S/C21H25F2N3O3S/c1-15(16-8-9-19(22)20(23)12-16)24-14-21(27)25-17-6-5-7-18(13-17)30(28,29)26-10-3-2-4-11-26/h5-9,12-13,15,24H,2-4,10-11,14H2,1H3,(H,25,27)/t15-/m1/s1. The average molecular weight is 438 g/mol. The second-order valence-electron chi connectivity index (χ2n) is 7.32. The quantitative estimate of drug-likeness (QED) is 0.696. The molecule has 2 N–H and O–H groups in total. The SMILES string of the molecule is C[C@@H](NCC(=O)Nc1cccc(S(=O)(=O)N2CCCCC2)c1)c1ccc(F)c(F)c1. The van der Waals surface area contributed by atoms with Crippen LogP contribution in [0.5, 0.6) is 0 Å². The van der Waals surface area contributed by atoms with Gasteiger partial charge in [-0.25, -0.2) is 17.2 Å². The molecule has 0 radical (unpaired) electrons. The summed E-state index contributed by atoms with van der Waals surface area (Å²) < 4.78 is 53.5. The molecular weight excluding hydrogens is 412 g/mol. The summed E-state index contributed by atoms with van der Waals surface area (Å²) in [6, 6.07) is 9.36. The van der Waals surface area contributed by atoms with Crippen LogP contribution in [0.15, 0.2) is 47.4 Å². The molecule has 1 saturated heterocycles. The smallest absolute Gasteiger partial charge is 0.243 e. The summed E-state index contributed by atoms with van der Waals surface area (Å²) in [4.78, 5) is 12.4. The third-order valence-electron chi connectivity index (χ3n) is 5.08. The van der Waals surface area contributed by atoms with E-state index in [-0.39, 0.29) is 23.4 Å². The summed E-state index contributed by atoms with van der Waals surface area (Å²) in [5, 5.41) is 5.60. The molecule has 3 rings (SSSR count). The van der Waals surface area contributed by atoms with Crippen LogP contribution in [0.2, 0.25) is 0 Å². The predicted molar refractivity (Wildman–Crippen MR) is 110 cm³/mol. The van der Waals surface area contributed by atoms with Gasteiger partial charge in [0.2, 0.25) is 15.9 Å². The van der Waals surface area contributed by atoms with Crippen molar-refractivity contribution in [3.63, 3.8) is 0 Å². The van der Waals surface area contributed by atoms with Crippen LogP contribution in [-0.4, -0.2) is 38.3 Å². The number of sulfonamides is 1. The number of carbonyl (C=O) groups excluding carboxylic acids is 1. The molecule has 0 saturated carbocycles. The number of nitrogens with zero attached hydrogens (tertiary/aromatic N) is 1. The fourth-order valence-corrected chi connectivity index (χ4v) is 4.90.